The summed E-state index contributed by atoms with van der Waals surface area (Å²) in [6.45, 7) is 0.441. The third-order valence-corrected chi connectivity index (χ3v) is 2.15. The van der Waals surface area contributed by atoms with E-state index in [1.165, 1.54) is 0 Å². The Balaban J connectivity index is 2.70. The number of carbonyl (C=O) groups is 1. The topological polar surface area (TPSA) is 39.2 Å². The van der Waals surface area contributed by atoms with Crippen molar-refractivity contribution >= 4 is 29.7 Å². The van der Waals surface area contributed by atoms with Gasteiger partial charge in [-0.05, 0) is 6.07 Å². The highest BCUT2D eigenvalue weighted by molar-refractivity contribution is 6.32. The van der Waals surface area contributed by atoms with Crippen molar-refractivity contribution in [2.75, 3.05) is 6.61 Å². The number of carbonyl (C=O) groups excluding carboxylic acids is 1. The third kappa shape index (κ3) is 2.86. The van der Waals surface area contributed by atoms with Crippen LogP contribution >= 0.6 is 23.2 Å². The van der Waals surface area contributed by atoms with Gasteiger partial charge in [0.15, 0.2) is 0 Å². The van der Waals surface area contributed by atoms with Crippen molar-refractivity contribution in [3.05, 3.63) is 29.0 Å². The lowest BCUT2D eigenvalue weighted by atomic mass is 10.2. The molecule has 0 bridgehead atoms. The van der Waals surface area contributed by atoms with Crippen LogP contribution in [0.4, 0.5) is 0 Å². The molecule has 0 saturated heterocycles. The second kappa shape index (κ2) is 5.04. The Kier molecular flexibility index (Phi) is 3.99. The highest BCUT2D eigenvalue weighted by Gasteiger charge is 2.11. The van der Waals surface area contributed by atoms with E-state index in [9.17, 15) is 4.79 Å². The molecule has 0 amide bonds. The number of alkyl halides is 1. The van der Waals surface area contributed by atoms with Crippen LogP contribution in [0.5, 0.6) is 0 Å². The van der Waals surface area contributed by atoms with Crippen molar-refractivity contribution in [1.29, 1.82) is 0 Å². The first kappa shape index (κ1) is 10.3. The molecule has 13 heavy (non-hydrogen) atoms. The summed E-state index contributed by atoms with van der Waals surface area (Å²) in [6, 6.07) is 1.63. The van der Waals surface area contributed by atoms with E-state index in [0.717, 1.165) is 0 Å². The van der Waals surface area contributed by atoms with Crippen molar-refractivity contribution < 1.29 is 9.53 Å². The van der Waals surface area contributed by atoms with Crippen LogP contribution in [0.1, 0.15) is 10.9 Å². The van der Waals surface area contributed by atoms with Gasteiger partial charge in [-0.15, -0.1) is 11.6 Å². The van der Waals surface area contributed by atoms with E-state index in [2.05, 4.69) is 9.72 Å². The predicted octanol–water partition coefficient (Wildman–Crippen LogP) is 2.19. The molecule has 1 atom stereocenters. The van der Waals surface area contributed by atoms with Gasteiger partial charge in [0.1, 0.15) is 6.61 Å². The first-order valence-corrected chi connectivity index (χ1v) is 4.36. The quantitative estimate of drug-likeness (QED) is 0.576. The van der Waals surface area contributed by atoms with Gasteiger partial charge in [0.25, 0.3) is 6.47 Å². The molecular formula is C8H7Cl2NO2. The van der Waals surface area contributed by atoms with E-state index in [1.54, 1.807) is 18.5 Å². The zero-order valence-corrected chi connectivity index (χ0v) is 8.13. The summed E-state index contributed by atoms with van der Waals surface area (Å²) < 4.78 is 4.51. The van der Waals surface area contributed by atoms with Crippen LogP contribution in [0.15, 0.2) is 18.5 Å². The van der Waals surface area contributed by atoms with Crippen LogP contribution in [0.25, 0.3) is 0 Å². The van der Waals surface area contributed by atoms with Crippen LogP contribution < -0.4 is 0 Å². The summed E-state index contributed by atoms with van der Waals surface area (Å²) in [6.07, 6.45) is 3.12. The van der Waals surface area contributed by atoms with Crippen molar-refractivity contribution in [3.63, 3.8) is 0 Å². The normalized spacial score (nSPS) is 12.2. The molecule has 0 N–H and O–H groups in total. The summed E-state index contributed by atoms with van der Waals surface area (Å²) >= 11 is 11.7. The van der Waals surface area contributed by atoms with Crippen LogP contribution in [0.2, 0.25) is 5.02 Å². The van der Waals surface area contributed by atoms with Gasteiger partial charge in [0, 0.05) is 23.0 Å². The summed E-state index contributed by atoms with van der Waals surface area (Å²) in [5, 5.41) is 0.0656. The standard InChI is InChI=1S/C8H7Cl2NO2/c9-7-1-2-11-3-6(7)8(10)4-13-5-12/h1-3,5,8H,4H2. The maximum atomic E-state index is 9.90. The minimum Gasteiger partial charge on any atom is -0.466 e. The molecule has 0 saturated carbocycles. The van der Waals surface area contributed by atoms with Crippen molar-refractivity contribution in [3.8, 4) is 0 Å². The number of ether oxygens (including phenoxy) is 1. The van der Waals surface area contributed by atoms with E-state index in [-0.39, 0.29) is 6.61 Å². The van der Waals surface area contributed by atoms with Crippen molar-refractivity contribution in [2.45, 2.75) is 5.38 Å². The zero-order valence-electron chi connectivity index (χ0n) is 6.61. The number of halogens is 2. The minimum atomic E-state index is -0.452. The highest BCUT2D eigenvalue weighted by Crippen LogP contribution is 2.26. The Labute approximate surface area is 85.6 Å². The number of nitrogens with zero attached hydrogens (tertiary/aromatic N) is 1. The van der Waals surface area contributed by atoms with Crippen molar-refractivity contribution in [2.24, 2.45) is 0 Å². The fourth-order valence-corrected chi connectivity index (χ4v) is 1.37. The molecule has 1 aromatic heterocycles. The van der Waals surface area contributed by atoms with E-state index in [1.807, 2.05) is 0 Å². The molecule has 0 spiro atoms. The molecule has 0 aromatic carbocycles. The first-order chi connectivity index (χ1) is 6.25. The van der Waals surface area contributed by atoms with E-state index in [4.69, 9.17) is 23.2 Å². The van der Waals surface area contributed by atoms with E-state index < -0.39 is 5.38 Å². The fraction of sp³-hybridized carbons (Fsp3) is 0.250. The molecule has 3 nitrogen and oxygen atoms in total. The molecule has 5 heteroatoms. The zero-order chi connectivity index (χ0) is 9.68. The Morgan fingerprint density at radius 1 is 1.69 bits per heavy atom. The minimum absolute atomic E-state index is 0.0937. The average Bonchev–Trinajstić information content (AvgIpc) is 2.15. The number of pyridine rings is 1. The van der Waals surface area contributed by atoms with Gasteiger partial charge in [-0.25, -0.2) is 0 Å². The summed E-state index contributed by atoms with van der Waals surface area (Å²) in [7, 11) is 0. The second-order valence-corrected chi connectivity index (χ2v) is 3.23. The average molecular weight is 220 g/mol. The molecule has 0 radical (unpaired) electrons. The lowest BCUT2D eigenvalue weighted by molar-refractivity contribution is -0.128. The number of hydrogen-bond donors (Lipinski definition) is 0. The largest absolute Gasteiger partial charge is 0.466 e. The predicted molar refractivity (Wildman–Crippen MR) is 49.9 cm³/mol. The fourth-order valence-electron chi connectivity index (χ4n) is 0.834. The van der Waals surface area contributed by atoms with Gasteiger partial charge < -0.3 is 4.74 Å². The maximum absolute atomic E-state index is 9.90. The number of aromatic nitrogens is 1. The summed E-state index contributed by atoms with van der Waals surface area (Å²) in [5.41, 5.74) is 0.660. The van der Waals surface area contributed by atoms with E-state index >= 15 is 0 Å². The Morgan fingerprint density at radius 3 is 3.08 bits per heavy atom. The van der Waals surface area contributed by atoms with Gasteiger partial charge in [-0.1, -0.05) is 11.6 Å². The van der Waals surface area contributed by atoms with Gasteiger partial charge in [0.2, 0.25) is 0 Å². The summed E-state index contributed by atoms with van der Waals surface area (Å²) in [5.74, 6) is 0. The van der Waals surface area contributed by atoms with Crippen LogP contribution in [0, 0.1) is 0 Å². The highest BCUT2D eigenvalue weighted by atomic mass is 35.5. The number of hydrogen-bond acceptors (Lipinski definition) is 3. The third-order valence-electron chi connectivity index (χ3n) is 1.44. The molecule has 1 unspecified atom stereocenters. The molecule has 1 aromatic rings. The molecule has 70 valence electrons. The molecular weight excluding hydrogens is 213 g/mol. The Bertz CT molecular complexity index is 293. The SMILES string of the molecule is O=COCC(Cl)c1cnccc1Cl. The molecule has 0 aliphatic heterocycles. The smallest absolute Gasteiger partial charge is 0.293 e. The first-order valence-electron chi connectivity index (χ1n) is 3.54. The molecule has 1 rings (SSSR count). The van der Waals surface area contributed by atoms with Crippen LogP contribution in [0.3, 0.4) is 0 Å². The second-order valence-electron chi connectivity index (χ2n) is 2.29. The maximum Gasteiger partial charge on any atom is 0.293 e. The number of rotatable bonds is 4. The summed E-state index contributed by atoms with van der Waals surface area (Å²) in [4.78, 5) is 13.8. The monoisotopic (exact) mass is 219 g/mol. The molecule has 1 heterocycles. The van der Waals surface area contributed by atoms with Gasteiger partial charge >= 0.3 is 0 Å². The van der Waals surface area contributed by atoms with Crippen LogP contribution in [-0.2, 0) is 9.53 Å². The lowest BCUT2D eigenvalue weighted by Gasteiger charge is -2.08. The lowest BCUT2D eigenvalue weighted by Crippen LogP contribution is -2.01. The molecule has 0 aliphatic carbocycles. The molecule has 0 fully saturated rings. The van der Waals surface area contributed by atoms with Gasteiger partial charge in [0.05, 0.1) is 5.38 Å². The van der Waals surface area contributed by atoms with Crippen LogP contribution in [-0.4, -0.2) is 18.1 Å². The van der Waals surface area contributed by atoms with Gasteiger partial charge in [-0.3, -0.25) is 9.78 Å². The Hall–Kier alpha value is -0.800. The van der Waals surface area contributed by atoms with Gasteiger partial charge in [-0.2, -0.15) is 0 Å². The van der Waals surface area contributed by atoms with E-state index in [0.29, 0.717) is 17.1 Å². The molecule has 0 aliphatic rings. The van der Waals surface area contributed by atoms with Crippen molar-refractivity contribution in [1.82, 2.24) is 4.98 Å². The Morgan fingerprint density at radius 2 is 2.46 bits per heavy atom.